The lowest BCUT2D eigenvalue weighted by molar-refractivity contribution is -0.385. The van der Waals surface area contributed by atoms with Crippen LogP contribution in [-0.2, 0) is 4.79 Å². The Balaban J connectivity index is 1.60. The molecule has 31 heavy (non-hydrogen) atoms. The Kier molecular flexibility index (Phi) is 5.62. The van der Waals surface area contributed by atoms with E-state index in [1.54, 1.807) is 31.2 Å². The number of benzene rings is 2. The van der Waals surface area contributed by atoms with Crippen molar-refractivity contribution in [1.29, 1.82) is 0 Å². The summed E-state index contributed by atoms with van der Waals surface area (Å²) in [4.78, 5) is 36.9. The van der Waals surface area contributed by atoms with Crippen LogP contribution >= 0.6 is 35.0 Å². The second kappa shape index (κ2) is 8.22. The predicted octanol–water partition coefficient (Wildman–Crippen LogP) is 6.71. The number of hydrogen-bond donors (Lipinski definition) is 0. The maximum absolute atomic E-state index is 12.8. The van der Waals surface area contributed by atoms with Gasteiger partial charge in [-0.2, -0.15) is 0 Å². The molecule has 0 radical (unpaired) electrons. The summed E-state index contributed by atoms with van der Waals surface area (Å²) in [5.41, 5.74) is 1.50. The molecule has 2 aromatic carbocycles. The summed E-state index contributed by atoms with van der Waals surface area (Å²) in [6.07, 6.45) is 1.48. The first-order valence-corrected chi connectivity index (χ1v) is 10.4. The Bertz CT molecular complexity index is 1280. The van der Waals surface area contributed by atoms with Crippen molar-refractivity contribution >= 4 is 63.6 Å². The number of imide groups is 1. The Morgan fingerprint density at radius 3 is 2.52 bits per heavy atom. The fourth-order valence-corrected chi connectivity index (χ4v) is 4.16. The summed E-state index contributed by atoms with van der Waals surface area (Å²) in [5.74, 6) is 0.344. The van der Waals surface area contributed by atoms with Crippen LogP contribution in [0.1, 0.15) is 11.3 Å². The molecule has 1 aliphatic rings. The van der Waals surface area contributed by atoms with Crippen molar-refractivity contribution in [2.24, 2.45) is 0 Å². The van der Waals surface area contributed by atoms with Gasteiger partial charge in [0.2, 0.25) is 0 Å². The van der Waals surface area contributed by atoms with Gasteiger partial charge < -0.3 is 4.42 Å². The maximum atomic E-state index is 12.8. The van der Waals surface area contributed by atoms with Gasteiger partial charge in [0.25, 0.3) is 16.8 Å². The van der Waals surface area contributed by atoms with Crippen LogP contribution in [0.15, 0.2) is 57.9 Å². The van der Waals surface area contributed by atoms with Crippen molar-refractivity contribution in [1.82, 2.24) is 0 Å². The molecule has 1 fully saturated rings. The minimum atomic E-state index is -0.502. The zero-order valence-corrected chi connectivity index (χ0v) is 18.1. The first-order chi connectivity index (χ1) is 14.7. The molecule has 4 rings (SSSR count). The third-order valence-electron chi connectivity index (χ3n) is 4.53. The number of hydrogen-bond acceptors (Lipinski definition) is 6. The van der Waals surface area contributed by atoms with Crippen LogP contribution in [0, 0.1) is 17.0 Å². The highest BCUT2D eigenvalue weighted by molar-refractivity contribution is 8.19. The van der Waals surface area contributed by atoms with Gasteiger partial charge in [-0.05, 0) is 61.2 Å². The molecule has 156 valence electrons. The molecule has 0 unspecified atom stereocenters. The molecule has 0 saturated carbocycles. The van der Waals surface area contributed by atoms with E-state index in [-0.39, 0.29) is 15.6 Å². The van der Waals surface area contributed by atoms with Gasteiger partial charge in [-0.3, -0.25) is 19.7 Å². The van der Waals surface area contributed by atoms with Gasteiger partial charge in [-0.15, -0.1) is 0 Å². The average molecular weight is 475 g/mol. The first kappa shape index (κ1) is 21.2. The molecule has 2 heterocycles. The molecule has 0 spiro atoms. The van der Waals surface area contributed by atoms with E-state index in [9.17, 15) is 19.7 Å². The largest absolute Gasteiger partial charge is 0.457 e. The number of thioether (sulfide) groups is 1. The van der Waals surface area contributed by atoms with Gasteiger partial charge >= 0.3 is 0 Å². The molecule has 0 N–H and O–H groups in total. The van der Waals surface area contributed by atoms with Crippen molar-refractivity contribution < 1.29 is 18.9 Å². The molecule has 0 atom stereocenters. The van der Waals surface area contributed by atoms with Gasteiger partial charge in [0.1, 0.15) is 11.5 Å². The molecule has 2 amide bonds. The Morgan fingerprint density at radius 1 is 1.06 bits per heavy atom. The first-order valence-electron chi connectivity index (χ1n) is 8.83. The van der Waals surface area contributed by atoms with Gasteiger partial charge in [-0.25, -0.2) is 4.90 Å². The van der Waals surface area contributed by atoms with E-state index in [0.29, 0.717) is 33.4 Å². The number of furan rings is 1. The molecule has 1 aromatic heterocycles. The molecule has 1 saturated heterocycles. The molecule has 0 aliphatic carbocycles. The molecule has 10 heteroatoms. The van der Waals surface area contributed by atoms with Crippen molar-refractivity contribution in [3.05, 3.63) is 84.9 Å². The Labute approximate surface area is 190 Å². The zero-order valence-electron chi connectivity index (χ0n) is 15.8. The minimum absolute atomic E-state index is 0.0199. The van der Waals surface area contributed by atoms with E-state index in [1.807, 2.05) is 0 Å². The number of aryl methyl sites for hydroxylation is 1. The van der Waals surface area contributed by atoms with Gasteiger partial charge in [0.15, 0.2) is 0 Å². The van der Waals surface area contributed by atoms with Crippen LogP contribution in [0.25, 0.3) is 17.4 Å². The average Bonchev–Trinajstić information content (AvgIpc) is 3.28. The second-order valence-electron chi connectivity index (χ2n) is 6.58. The lowest BCUT2D eigenvalue weighted by atomic mass is 10.1. The number of nitro benzene ring substituents is 1. The van der Waals surface area contributed by atoms with Gasteiger partial charge in [-0.1, -0.05) is 23.2 Å². The van der Waals surface area contributed by atoms with E-state index < -0.39 is 16.1 Å². The smallest absolute Gasteiger partial charge is 0.298 e. The number of amides is 2. The zero-order chi connectivity index (χ0) is 22.3. The number of carbonyl (C=O) groups excluding carboxylic acids is 2. The minimum Gasteiger partial charge on any atom is -0.457 e. The molecule has 7 nitrogen and oxygen atoms in total. The summed E-state index contributed by atoms with van der Waals surface area (Å²) >= 11 is 12.7. The number of rotatable bonds is 4. The van der Waals surface area contributed by atoms with E-state index >= 15 is 0 Å². The topological polar surface area (TPSA) is 93.7 Å². The fraction of sp³-hybridized carbons (Fsp3) is 0.0476. The Hall–Kier alpha value is -3.07. The third kappa shape index (κ3) is 4.10. The highest BCUT2D eigenvalue weighted by Crippen LogP contribution is 2.38. The fourth-order valence-electron chi connectivity index (χ4n) is 3.04. The number of carbonyl (C=O) groups is 2. The Morgan fingerprint density at radius 2 is 1.84 bits per heavy atom. The summed E-state index contributed by atoms with van der Waals surface area (Å²) in [7, 11) is 0. The van der Waals surface area contributed by atoms with Gasteiger partial charge in [0.05, 0.1) is 25.6 Å². The van der Waals surface area contributed by atoms with Crippen LogP contribution in [0.4, 0.5) is 16.2 Å². The lowest BCUT2D eigenvalue weighted by Crippen LogP contribution is -2.27. The third-order valence-corrected chi connectivity index (χ3v) is 6.14. The number of halogens is 2. The molecular formula is C21H12Cl2N2O5S. The predicted molar refractivity (Wildman–Crippen MR) is 120 cm³/mol. The van der Waals surface area contributed by atoms with Crippen LogP contribution in [0.5, 0.6) is 0 Å². The van der Waals surface area contributed by atoms with Crippen LogP contribution < -0.4 is 4.90 Å². The highest BCUT2D eigenvalue weighted by Gasteiger charge is 2.36. The maximum Gasteiger partial charge on any atom is 0.298 e. The molecular weight excluding hydrogens is 463 g/mol. The van der Waals surface area contributed by atoms with E-state index in [0.717, 1.165) is 16.7 Å². The molecule has 0 bridgehead atoms. The monoisotopic (exact) mass is 474 g/mol. The van der Waals surface area contributed by atoms with E-state index in [1.165, 1.54) is 30.3 Å². The van der Waals surface area contributed by atoms with Crippen molar-refractivity contribution in [2.45, 2.75) is 6.92 Å². The van der Waals surface area contributed by atoms with Crippen molar-refractivity contribution in [3.8, 4) is 11.3 Å². The molecule has 3 aromatic rings. The van der Waals surface area contributed by atoms with E-state index in [2.05, 4.69) is 0 Å². The van der Waals surface area contributed by atoms with Crippen molar-refractivity contribution in [3.63, 3.8) is 0 Å². The van der Waals surface area contributed by atoms with Crippen LogP contribution in [0.2, 0.25) is 10.0 Å². The van der Waals surface area contributed by atoms with E-state index in [4.69, 9.17) is 27.6 Å². The summed E-state index contributed by atoms with van der Waals surface area (Å²) in [5, 5.41) is 11.1. The number of nitrogens with zero attached hydrogens (tertiary/aromatic N) is 2. The summed E-state index contributed by atoms with van der Waals surface area (Å²) < 4.78 is 5.77. The quantitative estimate of drug-likeness (QED) is 0.237. The second-order valence-corrected chi connectivity index (χ2v) is 8.38. The highest BCUT2D eigenvalue weighted by atomic mass is 35.5. The van der Waals surface area contributed by atoms with Crippen LogP contribution in [-0.4, -0.2) is 16.1 Å². The normalized spacial score (nSPS) is 15.2. The van der Waals surface area contributed by atoms with Gasteiger partial charge in [0, 0.05) is 23.3 Å². The SMILES string of the molecule is Cc1cc(-c2ccc(/C=C3\SC(=O)N(c4ccc(Cl)c(Cl)c4)C3=O)o2)ccc1[N+](=O)[O-]. The lowest BCUT2D eigenvalue weighted by Gasteiger charge is -2.12. The summed E-state index contributed by atoms with van der Waals surface area (Å²) in [6.45, 7) is 1.64. The number of anilines is 1. The van der Waals surface area contributed by atoms with Crippen LogP contribution in [0.3, 0.4) is 0 Å². The summed E-state index contributed by atoms with van der Waals surface area (Å²) in [6, 6.07) is 12.5. The van der Waals surface area contributed by atoms with Crippen molar-refractivity contribution in [2.75, 3.05) is 4.90 Å². The standard InChI is InChI=1S/C21H12Cl2N2O5S/c1-11-8-12(2-6-17(11)25(28)29)18-7-4-14(30-18)10-19-20(26)24(21(27)31-19)13-3-5-15(22)16(23)9-13/h2-10H,1H3/b19-10-. The molecule has 1 aliphatic heterocycles. The number of nitro groups is 1.